The number of amides is 4. The Morgan fingerprint density at radius 3 is 1.84 bits per heavy atom. The van der Waals surface area contributed by atoms with E-state index in [9.17, 15) is 34.2 Å². The number of carboxylic acid groups (broad SMARTS) is 1. The number of nitrogens with two attached hydrogens (primary N) is 3. The van der Waals surface area contributed by atoms with Gasteiger partial charge >= 0.3 is 5.97 Å². The molecular weight excluding hydrogens is 424 g/mol. The van der Waals surface area contributed by atoms with Crippen molar-refractivity contribution in [3.8, 4) is 0 Å². The molecular formula is C19H36N6O7. The zero-order valence-electron chi connectivity index (χ0n) is 18.7. The molecule has 0 rings (SSSR count). The highest BCUT2D eigenvalue weighted by Gasteiger charge is 2.32. The van der Waals surface area contributed by atoms with Crippen molar-refractivity contribution in [1.82, 2.24) is 16.0 Å². The lowest BCUT2D eigenvalue weighted by atomic mass is 10.0. The molecule has 0 saturated heterocycles. The highest BCUT2D eigenvalue weighted by atomic mass is 16.4. The molecule has 11 N–H and O–H groups in total. The quantitative estimate of drug-likeness (QED) is 0.115. The molecule has 0 aliphatic rings. The summed E-state index contributed by atoms with van der Waals surface area (Å²) in [5.41, 5.74) is 16.2. The summed E-state index contributed by atoms with van der Waals surface area (Å²) in [7, 11) is 0. The fourth-order valence-corrected chi connectivity index (χ4v) is 2.70. The first kappa shape index (κ1) is 29.2. The molecule has 32 heavy (non-hydrogen) atoms. The molecule has 0 aliphatic heterocycles. The van der Waals surface area contributed by atoms with Gasteiger partial charge in [-0.1, -0.05) is 13.8 Å². The van der Waals surface area contributed by atoms with Gasteiger partial charge in [-0.15, -0.1) is 0 Å². The first-order chi connectivity index (χ1) is 14.8. The van der Waals surface area contributed by atoms with Gasteiger partial charge in [-0.3, -0.25) is 19.2 Å². The van der Waals surface area contributed by atoms with Crippen molar-refractivity contribution in [3.05, 3.63) is 0 Å². The number of aliphatic hydroxyl groups excluding tert-OH is 1. The first-order valence-corrected chi connectivity index (χ1v) is 10.4. The van der Waals surface area contributed by atoms with Gasteiger partial charge < -0.3 is 43.4 Å². The summed E-state index contributed by atoms with van der Waals surface area (Å²) in [6.45, 7) is 4.86. The average Bonchev–Trinajstić information content (AvgIpc) is 2.68. The normalized spacial score (nSPS) is 15.7. The van der Waals surface area contributed by atoms with E-state index in [1.54, 1.807) is 13.8 Å². The zero-order chi connectivity index (χ0) is 25.0. The summed E-state index contributed by atoms with van der Waals surface area (Å²) in [6, 6.07) is -5.13. The fourth-order valence-electron chi connectivity index (χ4n) is 2.70. The molecule has 13 nitrogen and oxygen atoms in total. The van der Waals surface area contributed by atoms with Crippen LogP contribution in [0.5, 0.6) is 0 Å². The van der Waals surface area contributed by atoms with Crippen LogP contribution >= 0.6 is 0 Å². The molecule has 5 atom stereocenters. The van der Waals surface area contributed by atoms with Crippen LogP contribution in [-0.2, 0) is 24.0 Å². The number of nitrogens with one attached hydrogen (secondary N) is 3. The molecule has 0 aromatic rings. The van der Waals surface area contributed by atoms with Crippen LogP contribution in [0.2, 0.25) is 0 Å². The van der Waals surface area contributed by atoms with Crippen molar-refractivity contribution in [2.45, 2.75) is 76.7 Å². The minimum Gasteiger partial charge on any atom is -0.480 e. The molecule has 0 saturated carbocycles. The lowest BCUT2D eigenvalue weighted by Crippen LogP contribution is -2.59. The van der Waals surface area contributed by atoms with Gasteiger partial charge in [-0.2, -0.15) is 0 Å². The maximum atomic E-state index is 12.7. The van der Waals surface area contributed by atoms with Crippen molar-refractivity contribution in [2.24, 2.45) is 23.1 Å². The Kier molecular flexibility index (Phi) is 13.1. The Bertz CT molecular complexity index is 671. The third-order valence-corrected chi connectivity index (χ3v) is 4.67. The largest absolute Gasteiger partial charge is 0.480 e. The van der Waals surface area contributed by atoms with Crippen LogP contribution in [0.1, 0.15) is 46.5 Å². The van der Waals surface area contributed by atoms with E-state index in [-0.39, 0.29) is 6.42 Å². The molecule has 0 fully saturated rings. The number of aliphatic hydroxyl groups is 1. The monoisotopic (exact) mass is 460 g/mol. The van der Waals surface area contributed by atoms with E-state index in [0.717, 1.165) is 0 Å². The Morgan fingerprint density at radius 2 is 1.41 bits per heavy atom. The number of rotatable bonds is 15. The molecule has 13 heteroatoms. The number of carboxylic acids is 1. The molecule has 0 aromatic heterocycles. The van der Waals surface area contributed by atoms with Crippen molar-refractivity contribution < 1.29 is 34.2 Å². The molecule has 5 unspecified atom stereocenters. The number of carbonyl (C=O) groups is 5. The molecule has 0 aromatic carbocycles. The lowest BCUT2D eigenvalue weighted by Gasteiger charge is -2.26. The molecule has 4 amide bonds. The molecule has 0 heterocycles. The van der Waals surface area contributed by atoms with Crippen molar-refractivity contribution >= 4 is 29.6 Å². The Balaban J connectivity index is 5.53. The van der Waals surface area contributed by atoms with Gasteiger partial charge in [0, 0.05) is 0 Å². The van der Waals surface area contributed by atoms with Crippen LogP contribution in [-0.4, -0.2) is 76.6 Å². The van der Waals surface area contributed by atoms with Crippen LogP contribution in [0.4, 0.5) is 0 Å². The fraction of sp³-hybridized carbons (Fsp3) is 0.737. The molecule has 0 bridgehead atoms. The van der Waals surface area contributed by atoms with Crippen LogP contribution in [0, 0.1) is 5.92 Å². The van der Waals surface area contributed by atoms with E-state index >= 15 is 0 Å². The molecule has 184 valence electrons. The highest BCUT2D eigenvalue weighted by molar-refractivity contribution is 5.96. The number of unbranched alkanes of at least 4 members (excludes halogenated alkanes) is 1. The Hall–Kier alpha value is -2.77. The van der Waals surface area contributed by atoms with Gasteiger partial charge in [0.15, 0.2) is 0 Å². The second kappa shape index (κ2) is 14.3. The van der Waals surface area contributed by atoms with E-state index in [1.807, 2.05) is 0 Å². The summed E-state index contributed by atoms with van der Waals surface area (Å²) >= 11 is 0. The van der Waals surface area contributed by atoms with Crippen LogP contribution in [0.25, 0.3) is 0 Å². The van der Waals surface area contributed by atoms with Crippen LogP contribution in [0.15, 0.2) is 0 Å². The van der Waals surface area contributed by atoms with E-state index < -0.39 is 72.2 Å². The van der Waals surface area contributed by atoms with E-state index in [0.29, 0.717) is 19.4 Å². The minimum absolute atomic E-state index is 0.142. The van der Waals surface area contributed by atoms with Gasteiger partial charge in [0.2, 0.25) is 23.6 Å². The standard InChI is InChI=1S/C19H36N6O7/c1-9(2)15(19(31)32)25-16(28)11(6-4-5-7-20)23-17(29)12(8-13(21)27)24-18(30)14(22)10(3)26/h9-12,14-15,26H,4-8,20,22H2,1-3H3,(H2,21,27)(H,23,29)(H,24,30)(H,25,28)(H,31,32). The highest BCUT2D eigenvalue weighted by Crippen LogP contribution is 2.07. The summed E-state index contributed by atoms with van der Waals surface area (Å²) in [5.74, 6) is -5.06. The molecule has 0 radical (unpaired) electrons. The van der Waals surface area contributed by atoms with Gasteiger partial charge in [0.05, 0.1) is 12.5 Å². The second-order valence-electron chi connectivity index (χ2n) is 7.91. The Morgan fingerprint density at radius 1 is 0.875 bits per heavy atom. The van der Waals surface area contributed by atoms with E-state index in [1.165, 1.54) is 6.92 Å². The number of aliphatic carboxylic acids is 1. The summed E-state index contributed by atoms with van der Waals surface area (Å²) < 4.78 is 0. The maximum Gasteiger partial charge on any atom is 0.326 e. The minimum atomic E-state index is -1.45. The number of carbonyl (C=O) groups excluding carboxylic acids is 4. The summed E-state index contributed by atoms with van der Waals surface area (Å²) in [6.07, 6.45) is -0.648. The summed E-state index contributed by atoms with van der Waals surface area (Å²) in [4.78, 5) is 60.4. The van der Waals surface area contributed by atoms with Gasteiger partial charge in [0.1, 0.15) is 24.2 Å². The predicted octanol–water partition coefficient (Wildman–Crippen LogP) is -3.11. The first-order valence-electron chi connectivity index (χ1n) is 10.4. The van der Waals surface area contributed by atoms with Crippen molar-refractivity contribution in [3.63, 3.8) is 0 Å². The SMILES string of the molecule is CC(C)C(NC(=O)C(CCCCN)NC(=O)C(CC(N)=O)NC(=O)C(N)C(C)O)C(=O)O. The molecule has 0 aliphatic carbocycles. The van der Waals surface area contributed by atoms with Crippen molar-refractivity contribution in [1.29, 1.82) is 0 Å². The predicted molar refractivity (Wildman–Crippen MR) is 115 cm³/mol. The van der Waals surface area contributed by atoms with Crippen molar-refractivity contribution in [2.75, 3.05) is 6.54 Å². The van der Waals surface area contributed by atoms with E-state index in [4.69, 9.17) is 17.2 Å². The number of hydrogen-bond donors (Lipinski definition) is 8. The van der Waals surface area contributed by atoms with Crippen LogP contribution < -0.4 is 33.2 Å². The van der Waals surface area contributed by atoms with Gasteiger partial charge in [0.25, 0.3) is 0 Å². The number of hydrogen-bond acceptors (Lipinski definition) is 8. The van der Waals surface area contributed by atoms with Crippen LogP contribution in [0.3, 0.4) is 0 Å². The Labute approximate surface area is 186 Å². The van der Waals surface area contributed by atoms with Gasteiger partial charge in [-0.25, -0.2) is 4.79 Å². The smallest absolute Gasteiger partial charge is 0.326 e. The zero-order valence-corrected chi connectivity index (χ0v) is 18.7. The van der Waals surface area contributed by atoms with Gasteiger partial charge in [-0.05, 0) is 38.6 Å². The molecule has 0 spiro atoms. The lowest BCUT2D eigenvalue weighted by molar-refractivity contribution is -0.143. The number of primary amides is 1. The summed E-state index contributed by atoms with van der Waals surface area (Å²) in [5, 5.41) is 25.8. The maximum absolute atomic E-state index is 12.7. The third kappa shape index (κ3) is 10.5. The topological polar surface area (TPSA) is 240 Å². The third-order valence-electron chi connectivity index (χ3n) is 4.67. The second-order valence-corrected chi connectivity index (χ2v) is 7.91. The van der Waals surface area contributed by atoms with E-state index in [2.05, 4.69) is 16.0 Å². The average molecular weight is 461 g/mol.